The van der Waals surface area contributed by atoms with Gasteiger partial charge in [-0.3, -0.25) is 4.68 Å². The number of nitrogens with zero attached hydrogens (tertiary/aromatic N) is 2. The van der Waals surface area contributed by atoms with Crippen molar-refractivity contribution >= 4 is 15.7 Å². The summed E-state index contributed by atoms with van der Waals surface area (Å²) in [5, 5.41) is 4.09. The van der Waals surface area contributed by atoms with Crippen molar-refractivity contribution in [3.63, 3.8) is 0 Å². The minimum Gasteiger partial charge on any atom is -0.383 e. The van der Waals surface area contributed by atoms with Gasteiger partial charge < -0.3 is 5.73 Å². The van der Waals surface area contributed by atoms with Crippen LogP contribution < -0.4 is 5.73 Å². The van der Waals surface area contributed by atoms with Gasteiger partial charge in [0.25, 0.3) is 0 Å². The third kappa shape index (κ3) is 1.53. The van der Waals surface area contributed by atoms with Gasteiger partial charge >= 0.3 is 0 Å². The zero-order chi connectivity index (χ0) is 12.9. The number of hydrogen-bond acceptors (Lipinski definition) is 4. The fraction of sp³-hybridized carbons (Fsp3) is 0.250. The van der Waals surface area contributed by atoms with Crippen molar-refractivity contribution in [2.45, 2.75) is 11.3 Å². The Morgan fingerprint density at radius 2 is 2.17 bits per heavy atom. The van der Waals surface area contributed by atoms with Crippen LogP contribution in [-0.2, 0) is 23.3 Å². The number of anilines is 1. The first-order valence-corrected chi connectivity index (χ1v) is 7.28. The standard InChI is InChI=1S/C12H13N3O2S/c1-15-12(13)10(7-14-15)8-2-3-11-9(6-8)4-5-18(11,16)17/h2-3,6-7H,4-5,13H2,1H3. The van der Waals surface area contributed by atoms with Crippen LogP contribution in [-0.4, -0.2) is 24.0 Å². The molecule has 94 valence electrons. The summed E-state index contributed by atoms with van der Waals surface area (Å²) in [4.78, 5) is 0.453. The second-order valence-corrected chi connectivity index (χ2v) is 6.54. The molecule has 1 aromatic carbocycles. The highest BCUT2D eigenvalue weighted by Crippen LogP contribution is 2.32. The molecule has 0 bridgehead atoms. The van der Waals surface area contributed by atoms with Gasteiger partial charge in [0.05, 0.1) is 16.8 Å². The molecule has 1 aromatic heterocycles. The van der Waals surface area contributed by atoms with Crippen LogP contribution in [0.3, 0.4) is 0 Å². The molecule has 0 fully saturated rings. The van der Waals surface area contributed by atoms with Crippen molar-refractivity contribution in [1.82, 2.24) is 9.78 Å². The topological polar surface area (TPSA) is 78.0 Å². The third-order valence-electron chi connectivity index (χ3n) is 3.33. The van der Waals surface area contributed by atoms with Crippen molar-refractivity contribution in [1.29, 1.82) is 0 Å². The van der Waals surface area contributed by atoms with Gasteiger partial charge in [0.2, 0.25) is 0 Å². The summed E-state index contributed by atoms with van der Waals surface area (Å²) in [5.41, 5.74) is 8.54. The monoisotopic (exact) mass is 263 g/mol. The van der Waals surface area contributed by atoms with Gasteiger partial charge in [-0.25, -0.2) is 8.42 Å². The largest absolute Gasteiger partial charge is 0.383 e. The summed E-state index contributed by atoms with van der Waals surface area (Å²) in [7, 11) is -1.29. The lowest BCUT2D eigenvalue weighted by Gasteiger charge is -2.04. The molecule has 2 N–H and O–H groups in total. The summed E-state index contributed by atoms with van der Waals surface area (Å²) in [5.74, 6) is 0.782. The Balaban J connectivity index is 2.15. The van der Waals surface area contributed by atoms with E-state index < -0.39 is 9.84 Å². The molecule has 18 heavy (non-hydrogen) atoms. The van der Waals surface area contributed by atoms with Crippen molar-refractivity contribution in [2.24, 2.45) is 7.05 Å². The first-order valence-electron chi connectivity index (χ1n) is 5.62. The van der Waals surface area contributed by atoms with Crippen LogP contribution in [0.5, 0.6) is 0 Å². The van der Waals surface area contributed by atoms with Crippen LogP contribution in [0.15, 0.2) is 29.3 Å². The number of nitrogen functional groups attached to an aromatic ring is 1. The molecule has 0 saturated carbocycles. The number of aryl methyl sites for hydroxylation is 2. The Morgan fingerprint density at radius 1 is 1.39 bits per heavy atom. The maximum atomic E-state index is 11.7. The summed E-state index contributed by atoms with van der Waals surface area (Å²) >= 11 is 0. The normalized spacial score (nSPS) is 16.7. The maximum Gasteiger partial charge on any atom is 0.178 e. The number of hydrogen-bond donors (Lipinski definition) is 1. The highest BCUT2D eigenvalue weighted by atomic mass is 32.2. The van der Waals surface area contributed by atoms with E-state index in [-0.39, 0.29) is 5.75 Å². The number of fused-ring (bicyclic) bond motifs is 1. The number of rotatable bonds is 1. The van der Waals surface area contributed by atoms with E-state index in [0.29, 0.717) is 17.1 Å². The van der Waals surface area contributed by atoms with E-state index >= 15 is 0 Å². The fourth-order valence-corrected chi connectivity index (χ4v) is 3.81. The molecule has 1 aliphatic heterocycles. The van der Waals surface area contributed by atoms with Crippen molar-refractivity contribution in [3.05, 3.63) is 30.0 Å². The molecule has 0 radical (unpaired) electrons. The molecule has 0 saturated heterocycles. The van der Waals surface area contributed by atoms with Crippen LogP contribution in [0.25, 0.3) is 11.1 Å². The number of aromatic nitrogens is 2. The van der Waals surface area contributed by atoms with Crippen LogP contribution in [0, 0.1) is 0 Å². The molecule has 0 spiro atoms. The molecule has 2 heterocycles. The Kier molecular flexibility index (Phi) is 2.25. The van der Waals surface area contributed by atoms with Crippen molar-refractivity contribution in [2.75, 3.05) is 11.5 Å². The molecular formula is C12H13N3O2S. The summed E-state index contributed by atoms with van der Waals surface area (Å²) in [6.45, 7) is 0. The SMILES string of the molecule is Cn1ncc(-c2ccc3c(c2)CCS3(=O)=O)c1N. The molecular weight excluding hydrogens is 250 g/mol. The first-order chi connectivity index (χ1) is 8.49. The van der Waals surface area contributed by atoms with Gasteiger partial charge in [0.1, 0.15) is 5.82 Å². The Hall–Kier alpha value is -1.82. The number of benzene rings is 1. The number of nitrogens with two attached hydrogens (primary N) is 1. The average Bonchev–Trinajstić information content (AvgIpc) is 2.82. The quantitative estimate of drug-likeness (QED) is 0.832. The van der Waals surface area contributed by atoms with Gasteiger partial charge in [-0.1, -0.05) is 6.07 Å². The Bertz CT molecular complexity index is 732. The molecule has 2 aromatic rings. The van der Waals surface area contributed by atoms with E-state index in [1.54, 1.807) is 30.1 Å². The van der Waals surface area contributed by atoms with Crippen molar-refractivity contribution < 1.29 is 8.42 Å². The van der Waals surface area contributed by atoms with E-state index in [0.717, 1.165) is 16.7 Å². The Morgan fingerprint density at radius 3 is 2.83 bits per heavy atom. The lowest BCUT2D eigenvalue weighted by Crippen LogP contribution is -1.99. The minimum absolute atomic E-state index is 0.203. The van der Waals surface area contributed by atoms with E-state index in [4.69, 9.17) is 5.73 Å². The fourth-order valence-electron chi connectivity index (χ4n) is 2.27. The molecule has 1 aliphatic rings. The number of sulfone groups is 1. The smallest absolute Gasteiger partial charge is 0.178 e. The molecule has 3 rings (SSSR count). The van der Waals surface area contributed by atoms with E-state index in [1.807, 2.05) is 6.07 Å². The zero-order valence-electron chi connectivity index (χ0n) is 9.92. The molecule has 0 atom stereocenters. The van der Waals surface area contributed by atoms with E-state index in [9.17, 15) is 8.42 Å². The summed E-state index contributed by atoms with van der Waals surface area (Å²) in [6.07, 6.45) is 2.27. The summed E-state index contributed by atoms with van der Waals surface area (Å²) in [6, 6.07) is 5.35. The zero-order valence-corrected chi connectivity index (χ0v) is 10.7. The van der Waals surface area contributed by atoms with Gasteiger partial charge in [0, 0.05) is 12.6 Å². The second kappa shape index (κ2) is 3.58. The van der Waals surface area contributed by atoms with Gasteiger partial charge in [-0.15, -0.1) is 0 Å². The van der Waals surface area contributed by atoms with Crippen LogP contribution >= 0.6 is 0 Å². The van der Waals surface area contributed by atoms with Crippen LogP contribution in [0.1, 0.15) is 5.56 Å². The minimum atomic E-state index is -3.06. The van der Waals surface area contributed by atoms with E-state index in [2.05, 4.69) is 5.10 Å². The van der Waals surface area contributed by atoms with Crippen LogP contribution in [0.4, 0.5) is 5.82 Å². The lowest BCUT2D eigenvalue weighted by atomic mass is 10.0. The second-order valence-electron chi connectivity index (χ2n) is 4.46. The summed E-state index contributed by atoms with van der Waals surface area (Å²) < 4.78 is 25.1. The van der Waals surface area contributed by atoms with Crippen molar-refractivity contribution in [3.8, 4) is 11.1 Å². The average molecular weight is 263 g/mol. The van der Waals surface area contributed by atoms with Crippen LogP contribution in [0.2, 0.25) is 0 Å². The van der Waals surface area contributed by atoms with Gasteiger partial charge in [0.15, 0.2) is 9.84 Å². The Labute approximate surface area is 105 Å². The molecule has 0 amide bonds. The maximum absolute atomic E-state index is 11.7. The highest BCUT2D eigenvalue weighted by Gasteiger charge is 2.26. The lowest BCUT2D eigenvalue weighted by molar-refractivity contribution is 0.600. The molecule has 6 heteroatoms. The predicted octanol–water partition coefficient (Wildman–Crippen LogP) is 0.999. The van der Waals surface area contributed by atoms with Gasteiger partial charge in [-0.05, 0) is 29.7 Å². The predicted molar refractivity (Wildman–Crippen MR) is 68.8 cm³/mol. The highest BCUT2D eigenvalue weighted by molar-refractivity contribution is 7.91. The molecule has 0 unspecified atom stereocenters. The first kappa shape index (κ1) is 11.3. The van der Waals surface area contributed by atoms with E-state index in [1.165, 1.54) is 0 Å². The van der Waals surface area contributed by atoms with Gasteiger partial charge in [-0.2, -0.15) is 5.10 Å². The molecule has 0 aliphatic carbocycles. The molecule has 5 nitrogen and oxygen atoms in total. The third-order valence-corrected chi connectivity index (χ3v) is 5.14.